The van der Waals surface area contributed by atoms with E-state index in [1.165, 1.54) is 0 Å². The van der Waals surface area contributed by atoms with E-state index in [0.717, 1.165) is 50.5 Å². The molecule has 0 aliphatic heterocycles. The molecule has 4 heterocycles. The molecule has 0 radical (unpaired) electrons. The number of fused-ring (bicyclic) bond motifs is 1. The van der Waals surface area contributed by atoms with Crippen molar-refractivity contribution < 1.29 is 0 Å². The number of nitrogens with zero attached hydrogens (tertiary/aromatic N) is 3. The lowest BCUT2D eigenvalue weighted by Crippen LogP contribution is -1.89. The van der Waals surface area contributed by atoms with Crippen molar-refractivity contribution in [3.63, 3.8) is 0 Å². The van der Waals surface area contributed by atoms with Crippen LogP contribution in [0.25, 0.3) is 39.8 Å². The highest BCUT2D eigenvalue weighted by molar-refractivity contribution is 5.90. The maximum absolute atomic E-state index is 4.86. The van der Waals surface area contributed by atoms with E-state index in [1.54, 1.807) is 12.3 Å². The van der Waals surface area contributed by atoms with Crippen molar-refractivity contribution in [3.8, 4) is 22.6 Å². The Labute approximate surface area is 151 Å². The lowest BCUT2D eigenvalue weighted by atomic mass is 10.1. The van der Waals surface area contributed by atoms with E-state index in [-0.39, 0.29) is 0 Å². The number of aromatic amines is 2. The van der Waals surface area contributed by atoms with Gasteiger partial charge in [0.25, 0.3) is 0 Å². The third-order valence-electron chi connectivity index (χ3n) is 4.44. The number of hydrogen-bond donors (Lipinski definition) is 2. The topological polar surface area (TPSA) is 70.2 Å². The first kappa shape index (κ1) is 16.0. The first-order valence-corrected chi connectivity index (χ1v) is 8.42. The molecule has 4 rings (SSSR count). The van der Waals surface area contributed by atoms with Crippen LogP contribution in [0.15, 0.2) is 55.4 Å². The molecule has 0 spiro atoms. The summed E-state index contributed by atoms with van der Waals surface area (Å²) in [6, 6.07) is 8.07. The fraction of sp³-hybridized carbons (Fsp3) is 0.0952. The van der Waals surface area contributed by atoms with Crippen LogP contribution in [0.2, 0.25) is 0 Å². The summed E-state index contributed by atoms with van der Waals surface area (Å²) in [6.45, 7) is 7.82. The molecule has 0 fully saturated rings. The van der Waals surface area contributed by atoms with Gasteiger partial charge in [-0.3, -0.25) is 10.1 Å². The van der Waals surface area contributed by atoms with Crippen molar-refractivity contribution >= 4 is 17.1 Å². The molecule has 0 aliphatic rings. The Hall–Kier alpha value is -3.47. The van der Waals surface area contributed by atoms with Crippen LogP contribution >= 0.6 is 0 Å². The normalized spacial score (nSPS) is 11.5. The molecule has 0 amide bonds. The fourth-order valence-electron chi connectivity index (χ4n) is 3.02. The smallest absolute Gasteiger partial charge is 0.135 e. The number of H-pyrrole nitrogens is 2. The molecule has 0 saturated carbocycles. The second-order valence-electron chi connectivity index (χ2n) is 6.21. The van der Waals surface area contributed by atoms with E-state index < -0.39 is 0 Å². The summed E-state index contributed by atoms with van der Waals surface area (Å²) in [5, 5.41) is 7.55. The van der Waals surface area contributed by atoms with Gasteiger partial charge in [-0.1, -0.05) is 24.8 Å². The molecule has 0 bridgehead atoms. The van der Waals surface area contributed by atoms with E-state index in [1.807, 2.05) is 43.5 Å². The molecule has 5 heteroatoms. The largest absolute Gasteiger partial charge is 0.357 e. The van der Waals surface area contributed by atoms with Gasteiger partial charge in [-0.25, -0.2) is 4.98 Å². The summed E-state index contributed by atoms with van der Waals surface area (Å²) in [5.74, 6) is 0. The van der Waals surface area contributed by atoms with Gasteiger partial charge in [0.15, 0.2) is 0 Å². The highest BCUT2D eigenvalue weighted by Gasteiger charge is 2.14. The summed E-state index contributed by atoms with van der Waals surface area (Å²) < 4.78 is 0. The predicted octanol–water partition coefficient (Wildman–Crippen LogP) is 4.83. The molecule has 0 atom stereocenters. The Kier molecular flexibility index (Phi) is 3.97. The molecule has 5 nitrogen and oxygen atoms in total. The average molecular weight is 341 g/mol. The van der Waals surface area contributed by atoms with E-state index in [4.69, 9.17) is 4.98 Å². The van der Waals surface area contributed by atoms with Gasteiger partial charge < -0.3 is 4.98 Å². The van der Waals surface area contributed by atoms with Crippen molar-refractivity contribution in [2.24, 2.45) is 0 Å². The summed E-state index contributed by atoms with van der Waals surface area (Å²) in [7, 11) is 0. The Morgan fingerprint density at radius 2 is 2.04 bits per heavy atom. The van der Waals surface area contributed by atoms with Crippen molar-refractivity contribution in [1.82, 2.24) is 25.1 Å². The Balaban J connectivity index is 1.84. The Bertz CT molecular complexity index is 1130. The maximum Gasteiger partial charge on any atom is 0.135 e. The number of nitrogens with one attached hydrogen (secondary N) is 2. The summed E-state index contributed by atoms with van der Waals surface area (Å²) in [5.41, 5.74) is 8.73. The highest BCUT2D eigenvalue weighted by Crippen LogP contribution is 2.29. The number of hydrogen-bond acceptors (Lipinski definition) is 3. The summed E-state index contributed by atoms with van der Waals surface area (Å²) in [4.78, 5) is 12.5. The predicted molar refractivity (Wildman–Crippen MR) is 106 cm³/mol. The lowest BCUT2D eigenvalue weighted by molar-refractivity contribution is 1.11. The lowest BCUT2D eigenvalue weighted by Gasteiger charge is -2.04. The van der Waals surface area contributed by atoms with Gasteiger partial charge >= 0.3 is 0 Å². The molecule has 4 aromatic rings. The zero-order valence-electron chi connectivity index (χ0n) is 14.7. The molecule has 2 N–H and O–H groups in total. The minimum Gasteiger partial charge on any atom is -0.357 e. The van der Waals surface area contributed by atoms with Crippen molar-refractivity contribution in [1.29, 1.82) is 0 Å². The van der Waals surface area contributed by atoms with Crippen LogP contribution in [-0.4, -0.2) is 25.1 Å². The number of pyridine rings is 2. The van der Waals surface area contributed by atoms with Crippen LogP contribution in [0, 0.1) is 13.8 Å². The maximum atomic E-state index is 4.86. The summed E-state index contributed by atoms with van der Waals surface area (Å²) >= 11 is 0. The quantitative estimate of drug-likeness (QED) is 0.522. The molecule has 0 unspecified atom stereocenters. The van der Waals surface area contributed by atoms with Crippen LogP contribution in [0.3, 0.4) is 0 Å². The van der Waals surface area contributed by atoms with Gasteiger partial charge in [0, 0.05) is 23.7 Å². The zero-order valence-corrected chi connectivity index (χ0v) is 14.7. The first-order chi connectivity index (χ1) is 12.7. The SMILES string of the molecule is C=C/C=C\c1cc(-c2n[nH]c3ccc(-c4cnccc4C)nc23)[nH]c1C. The van der Waals surface area contributed by atoms with Crippen molar-refractivity contribution in [2.75, 3.05) is 0 Å². The van der Waals surface area contributed by atoms with Crippen LogP contribution < -0.4 is 0 Å². The highest BCUT2D eigenvalue weighted by atomic mass is 15.1. The summed E-state index contributed by atoms with van der Waals surface area (Å²) in [6.07, 6.45) is 9.35. The van der Waals surface area contributed by atoms with Gasteiger partial charge in [0.2, 0.25) is 0 Å². The van der Waals surface area contributed by atoms with Gasteiger partial charge in [0.1, 0.15) is 11.2 Å². The first-order valence-electron chi connectivity index (χ1n) is 8.42. The van der Waals surface area contributed by atoms with Crippen molar-refractivity contribution in [3.05, 3.63) is 72.2 Å². The minimum atomic E-state index is 0.810. The standard InChI is InChI=1S/C21H19N5/c1-4-5-6-15-11-19(23-14(15)3)21-20-18(25-26-21)8-7-17(24-20)16-12-22-10-9-13(16)2/h4-12,23H,1H2,2-3H3,(H,25,26)/b6-5-. The second kappa shape index (κ2) is 6.44. The third-order valence-corrected chi connectivity index (χ3v) is 4.44. The molecule has 0 aliphatic carbocycles. The van der Waals surface area contributed by atoms with E-state index >= 15 is 0 Å². The number of aromatic nitrogens is 5. The zero-order chi connectivity index (χ0) is 18.1. The fourth-order valence-corrected chi connectivity index (χ4v) is 3.02. The van der Waals surface area contributed by atoms with E-state index in [9.17, 15) is 0 Å². The van der Waals surface area contributed by atoms with E-state index in [0.29, 0.717) is 0 Å². The Morgan fingerprint density at radius 1 is 1.15 bits per heavy atom. The van der Waals surface area contributed by atoms with Crippen LogP contribution in [0.4, 0.5) is 0 Å². The number of rotatable bonds is 4. The van der Waals surface area contributed by atoms with Crippen molar-refractivity contribution in [2.45, 2.75) is 13.8 Å². The monoisotopic (exact) mass is 341 g/mol. The number of aryl methyl sites for hydroxylation is 2. The van der Waals surface area contributed by atoms with Gasteiger partial charge in [-0.2, -0.15) is 5.10 Å². The molecule has 0 saturated heterocycles. The third kappa shape index (κ3) is 2.73. The molecule has 128 valence electrons. The molecule has 4 aromatic heterocycles. The minimum absolute atomic E-state index is 0.810. The molecule has 26 heavy (non-hydrogen) atoms. The van der Waals surface area contributed by atoms with Gasteiger partial charge in [0.05, 0.1) is 16.9 Å². The molecular weight excluding hydrogens is 322 g/mol. The van der Waals surface area contributed by atoms with Crippen LogP contribution in [-0.2, 0) is 0 Å². The molecular formula is C21H19N5. The number of allylic oxidation sites excluding steroid dienone is 2. The second-order valence-corrected chi connectivity index (χ2v) is 6.21. The average Bonchev–Trinajstić information content (AvgIpc) is 3.23. The van der Waals surface area contributed by atoms with Gasteiger partial charge in [-0.15, -0.1) is 0 Å². The van der Waals surface area contributed by atoms with E-state index in [2.05, 4.69) is 39.7 Å². The van der Waals surface area contributed by atoms with Crippen LogP contribution in [0.1, 0.15) is 16.8 Å². The molecule has 0 aromatic carbocycles. The van der Waals surface area contributed by atoms with Gasteiger partial charge in [-0.05, 0) is 49.2 Å². The van der Waals surface area contributed by atoms with Crippen LogP contribution in [0.5, 0.6) is 0 Å². The Morgan fingerprint density at radius 3 is 2.85 bits per heavy atom.